The predicted octanol–water partition coefficient (Wildman–Crippen LogP) is 3.09. The second-order valence-electron chi connectivity index (χ2n) is 5.42. The van der Waals surface area contributed by atoms with E-state index in [4.69, 9.17) is 11.6 Å². The largest absolute Gasteiger partial charge is 0.361 e. The van der Waals surface area contributed by atoms with Crippen molar-refractivity contribution in [1.82, 2.24) is 10.3 Å². The summed E-state index contributed by atoms with van der Waals surface area (Å²) in [5.74, 6) is 0.330. The second kappa shape index (κ2) is 5.66. The Kier molecular flexibility index (Phi) is 4.15. The molecule has 0 aliphatic rings. The Labute approximate surface area is 118 Å². The molecule has 1 amide bonds. The summed E-state index contributed by atoms with van der Waals surface area (Å²) in [5, 5.41) is 4.14. The first-order chi connectivity index (χ1) is 9.03. The normalized spacial score (nSPS) is 11.7. The highest BCUT2D eigenvalue weighted by molar-refractivity contribution is 6.19. The fraction of sp³-hybridized carbons (Fsp3) is 0.400. The first-order valence-electron chi connectivity index (χ1n) is 6.43. The number of nitrogens with one attached hydrogen (secondary N) is 2. The minimum absolute atomic E-state index is 0.00320. The first-order valence-corrected chi connectivity index (χ1v) is 6.97. The molecular weight excluding hydrogens is 260 g/mol. The van der Waals surface area contributed by atoms with Gasteiger partial charge in [-0.15, -0.1) is 11.6 Å². The van der Waals surface area contributed by atoms with Gasteiger partial charge >= 0.3 is 0 Å². The highest BCUT2D eigenvalue weighted by Crippen LogP contribution is 2.17. The van der Waals surface area contributed by atoms with Gasteiger partial charge in [-0.2, -0.15) is 0 Å². The SMILES string of the molecule is CC(C)(CCl)C(=O)NCCc1ccc2cc[nH]c2c1. The Morgan fingerprint density at radius 3 is 2.89 bits per heavy atom. The molecule has 102 valence electrons. The zero-order valence-corrected chi connectivity index (χ0v) is 12.1. The average molecular weight is 279 g/mol. The van der Waals surface area contributed by atoms with Gasteiger partial charge in [0.25, 0.3) is 0 Å². The molecule has 1 aromatic carbocycles. The lowest BCUT2D eigenvalue weighted by molar-refractivity contribution is -0.128. The summed E-state index contributed by atoms with van der Waals surface area (Å²) in [6.45, 7) is 4.33. The molecule has 19 heavy (non-hydrogen) atoms. The second-order valence-corrected chi connectivity index (χ2v) is 5.69. The van der Waals surface area contributed by atoms with E-state index in [1.54, 1.807) is 0 Å². The van der Waals surface area contributed by atoms with E-state index in [0.717, 1.165) is 11.9 Å². The topological polar surface area (TPSA) is 44.9 Å². The van der Waals surface area contributed by atoms with Gasteiger partial charge in [0, 0.05) is 24.1 Å². The summed E-state index contributed by atoms with van der Waals surface area (Å²) >= 11 is 5.77. The lowest BCUT2D eigenvalue weighted by atomic mass is 9.95. The van der Waals surface area contributed by atoms with Crippen LogP contribution in [0.15, 0.2) is 30.5 Å². The number of H-pyrrole nitrogens is 1. The maximum absolute atomic E-state index is 11.9. The van der Waals surface area contributed by atoms with Crippen molar-refractivity contribution in [3.8, 4) is 0 Å². The molecule has 2 N–H and O–H groups in total. The van der Waals surface area contributed by atoms with Gasteiger partial charge in [-0.3, -0.25) is 4.79 Å². The van der Waals surface area contributed by atoms with Gasteiger partial charge in [-0.1, -0.05) is 12.1 Å². The third-order valence-corrected chi connectivity index (χ3v) is 3.94. The monoisotopic (exact) mass is 278 g/mol. The Balaban J connectivity index is 1.90. The Morgan fingerprint density at radius 2 is 2.16 bits per heavy atom. The van der Waals surface area contributed by atoms with Crippen LogP contribution in [0.25, 0.3) is 10.9 Å². The molecule has 0 saturated carbocycles. The lowest BCUT2D eigenvalue weighted by Crippen LogP contribution is -2.39. The number of carbonyl (C=O) groups is 1. The van der Waals surface area contributed by atoms with Gasteiger partial charge < -0.3 is 10.3 Å². The molecule has 4 heteroatoms. The van der Waals surface area contributed by atoms with Crippen LogP contribution in [0.3, 0.4) is 0 Å². The lowest BCUT2D eigenvalue weighted by Gasteiger charge is -2.20. The number of benzene rings is 1. The third kappa shape index (κ3) is 3.29. The zero-order chi connectivity index (χ0) is 13.9. The molecule has 2 rings (SSSR count). The summed E-state index contributed by atoms with van der Waals surface area (Å²) in [4.78, 5) is 15.0. The summed E-state index contributed by atoms with van der Waals surface area (Å²) in [7, 11) is 0. The van der Waals surface area contributed by atoms with Crippen LogP contribution in [-0.4, -0.2) is 23.3 Å². The van der Waals surface area contributed by atoms with Crippen molar-refractivity contribution in [2.75, 3.05) is 12.4 Å². The molecule has 0 aliphatic heterocycles. The van der Waals surface area contributed by atoms with E-state index in [-0.39, 0.29) is 5.91 Å². The van der Waals surface area contributed by atoms with E-state index >= 15 is 0 Å². The molecule has 3 nitrogen and oxygen atoms in total. The first kappa shape index (κ1) is 13.9. The van der Waals surface area contributed by atoms with Gasteiger partial charge in [0.1, 0.15) is 0 Å². The standard InChI is InChI=1S/C15H19ClN2O/c1-15(2,10-16)14(19)18-7-5-11-3-4-12-6-8-17-13(12)9-11/h3-4,6,8-9,17H,5,7,10H2,1-2H3,(H,18,19). The van der Waals surface area contributed by atoms with Crippen molar-refractivity contribution in [3.05, 3.63) is 36.0 Å². The van der Waals surface area contributed by atoms with Gasteiger partial charge in [0.15, 0.2) is 0 Å². The van der Waals surface area contributed by atoms with Crippen molar-refractivity contribution < 1.29 is 4.79 Å². The smallest absolute Gasteiger partial charge is 0.226 e. The van der Waals surface area contributed by atoms with Crippen LogP contribution in [0.1, 0.15) is 19.4 Å². The minimum Gasteiger partial charge on any atom is -0.361 e. The van der Waals surface area contributed by atoms with Crippen LogP contribution >= 0.6 is 11.6 Å². The zero-order valence-electron chi connectivity index (χ0n) is 11.3. The Bertz CT molecular complexity index is 574. The van der Waals surface area contributed by atoms with E-state index < -0.39 is 5.41 Å². The Morgan fingerprint density at radius 1 is 1.37 bits per heavy atom. The van der Waals surface area contributed by atoms with Crippen LogP contribution in [0.2, 0.25) is 0 Å². The van der Waals surface area contributed by atoms with Crippen molar-refractivity contribution >= 4 is 28.4 Å². The third-order valence-electron chi connectivity index (χ3n) is 3.27. The molecule has 0 fully saturated rings. The molecule has 0 spiro atoms. The average Bonchev–Trinajstić information content (AvgIpc) is 2.86. The summed E-state index contributed by atoms with van der Waals surface area (Å²) in [6, 6.07) is 8.35. The van der Waals surface area contributed by atoms with Crippen molar-refractivity contribution in [2.45, 2.75) is 20.3 Å². The maximum atomic E-state index is 11.9. The number of carbonyl (C=O) groups excluding carboxylic acids is 1. The van der Waals surface area contributed by atoms with Crippen molar-refractivity contribution in [3.63, 3.8) is 0 Å². The maximum Gasteiger partial charge on any atom is 0.226 e. The summed E-state index contributed by atoms with van der Waals surface area (Å²) in [6.07, 6.45) is 2.75. The van der Waals surface area contributed by atoms with E-state index in [1.165, 1.54) is 10.9 Å². The fourth-order valence-corrected chi connectivity index (χ4v) is 1.99. The quantitative estimate of drug-likeness (QED) is 0.811. The molecule has 2 aromatic rings. The van der Waals surface area contributed by atoms with Crippen molar-refractivity contribution in [1.29, 1.82) is 0 Å². The van der Waals surface area contributed by atoms with Crippen LogP contribution in [0.5, 0.6) is 0 Å². The predicted molar refractivity (Wildman–Crippen MR) is 79.5 cm³/mol. The van der Waals surface area contributed by atoms with Gasteiger partial charge in [-0.05, 0) is 43.4 Å². The minimum atomic E-state index is -0.509. The van der Waals surface area contributed by atoms with Gasteiger partial charge in [0.2, 0.25) is 5.91 Å². The number of hydrogen-bond donors (Lipinski definition) is 2. The highest BCUT2D eigenvalue weighted by Gasteiger charge is 2.25. The van der Waals surface area contributed by atoms with Crippen LogP contribution < -0.4 is 5.32 Å². The molecular formula is C15H19ClN2O. The van der Waals surface area contributed by atoms with E-state index in [1.807, 2.05) is 26.1 Å². The number of aromatic nitrogens is 1. The van der Waals surface area contributed by atoms with Crippen molar-refractivity contribution in [2.24, 2.45) is 5.41 Å². The van der Waals surface area contributed by atoms with E-state index in [0.29, 0.717) is 12.4 Å². The van der Waals surface area contributed by atoms with Crippen LogP contribution in [0.4, 0.5) is 0 Å². The molecule has 0 aliphatic carbocycles. The van der Waals surface area contributed by atoms with E-state index in [9.17, 15) is 4.79 Å². The number of rotatable bonds is 5. The number of aromatic amines is 1. The molecule has 1 aromatic heterocycles. The summed E-state index contributed by atoms with van der Waals surface area (Å²) < 4.78 is 0. The number of halogens is 1. The molecule has 0 radical (unpaired) electrons. The summed E-state index contributed by atoms with van der Waals surface area (Å²) in [5.41, 5.74) is 1.83. The van der Waals surface area contributed by atoms with Crippen LogP contribution in [0, 0.1) is 5.41 Å². The van der Waals surface area contributed by atoms with Gasteiger partial charge in [-0.25, -0.2) is 0 Å². The molecule has 0 bridgehead atoms. The highest BCUT2D eigenvalue weighted by atomic mass is 35.5. The van der Waals surface area contributed by atoms with Crippen LogP contribution in [-0.2, 0) is 11.2 Å². The molecule has 0 saturated heterocycles. The molecule has 0 unspecified atom stereocenters. The number of alkyl halides is 1. The molecule has 0 atom stereocenters. The number of hydrogen-bond acceptors (Lipinski definition) is 1. The van der Waals surface area contributed by atoms with Gasteiger partial charge in [0.05, 0.1) is 5.41 Å². The van der Waals surface area contributed by atoms with E-state index in [2.05, 4.69) is 28.5 Å². The number of fused-ring (bicyclic) bond motifs is 1. The Hall–Kier alpha value is -1.48. The molecule has 1 heterocycles. The number of amides is 1. The fourth-order valence-electron chi connectivity index (χ4n) is 1.87.